The number of nitrogens with two attached hydrogens (primary N) is 1. The third-order valence-electron chi connectivity index (χ3n) is 2.37. The minimum Gasteiger partial charge on any atom is -0.320 e. The fraction of sp³-hybridized carbons (Fsp3) is 0.0833. The Bertz CT molecular complexity index is 528. The first-order chi connectivity index (χ1) is 7.72. The molecule has 0 aliphatic rings. The lowest BCUT2D eigenvalue weighted by atomic mass is 10.0. The summed E-state index contributed by atoms with van der Waals surface area (Å²) in [5.41, 5.74) is 7.76. The number of nitriles is 1. The van der Waals surface area contributed by atoms with Gasteiger partial charge in [0, 0.05) is 0 Å². The number of nitrogens with zero attached hydrogens (tertiary/aromatic N) is 1. The van der Waals surface area contributed by atoms with Gasteiger partial charge in [0.1, 0.15) is 11.9 Å². The average Bonchev–Trinajstić information content (AvgIpc) is 2.82. The predicted molar refractivity (Wildman–Crippen MR) is 61.5 cm³/mol. The van der Waals surface area contributed by atoms with Gasteiger partial charge in [0.15, 0.2) is 0 Å². The molecule has 1 atom stereocenters. The Balaban J connectivity index is 2.39. The second-order valence-electron chi connectivity index (χ2n) is 3.39. The zero-order valence-electron chi connectivity index (χ0n) is 8.35. The summed E-state index contributed by atoms with van der Waals surface area (Å²) in [6.07, 6.45) is 0. The molecule has 0 bridgehead atoms. The fourth-order valence-electron chi connectivity index (χ4n) is 1.47. The van der Waals surface area contributed by atoms with Gasteiger partial charge in [-0.1, -0.05) is 6.07 Å². The standard InChI is InChI=1S/C12H9FN2S/c13-11-2-1-8(5-10(11)6-14)12(15)9-3-4-16-7-9/h1-5,7,12H,15H2/t12-/m1/s1. The summed E-state index contributed by atoms with van der Waals surface area (Å²) < 4.78 is 13.1. The summed E-state index contributed by atoms with van der Waals surface area (Å²) in [5, 5.41) is 12.6. The highest BCUT2D eigenvalue weighted by Gasteiger charge is 2.11. The van der Waals surface area contributed by atoms with Crippen LogP contribution in [0.2, 0.25) is 0 Å². The molecular formula is C12H9FN2S. The molecule has 0 amide bonds. The van der Waals surface area contributed by atoms with Crippen molar-refractivity contribution in [2.45, 2.75) is 6.04 Å². The van der Waals surface area contributed by atoms with Crippen molar-refractivity contribution < 1.29 is 4.39 Å². The second-order valence-corrected chi connectivity index (χ2v) is 4.17. The van der Waals surface area contributed by atoms with Gasteiger partial charge in [-0.2, -0.15) is 16.6 Å². The molecule has 0 unspecified atom stereocenters. The first-order valence-corrected chi connectivity index (χ1v) is 5.64. The quantitative estimate of drug-likeness (QED) is 0.865. The molecule has 0 aliphatic carbocycles. The maximum atomic E-state index is 13.1. The van der Waals surface area contributed by atoms with E-state index in [1.54, 1.807) is 17.4 Å². The summed E-state index contributed by atoms with van der Waals surface area (Å²) in [6.45, 7) is 0. The number of rotatable bonds is 2. The lowest BCUT2D eigenvalue weighted by Crippen LogP contribution is -2.11. The SMILES string of the molecule is N#Cc1cc([C@@H](N)c2ccsc2)ccc1F. The first-order valence-electron chi connectivity index (χ1n) is 4.69. The van der Waals surface area contributed by atoms with E-state index in [2.05, 4.69) is 0 Å². The van der Waals surface area contributed by atoms with E-state index in [0.717, 1.165) is 11.1 Å². The number of halogens is 1. The maximum Gasteiger partial charge on any atom is 0.140 e. The van der Waals surface area contributed by atoms with E-state index in [1.807, 2.05) is 22.9 Å². The Morgan fingerprint density at radius 3 is 2.75 bits per heavy atom. The topological polar surface area (TPSA) is 49.8 Å². The molecule has 2 N–H and O–H groups in total. The summed E-state index contributed by atoms with van der Waals surface area (Å²) in [4.78, 5) is 0. The van der Waals surface area contributed by atoms with Gasteiger partial charge in [0.05, 0.1) is 11.6 Å². The van der Waals surface area contributed by atoms with Crippen molar-refractivity contribution in [2.75, 3.05) is 0 Å². The van der Waals surface area contributed by atoms with Gasteiger partial charge in [0.2, 0.25) is 0 Å². The minimum atomic E-state index is -0.510. The molecule has 1 aromatic carbocycles. The maximum absolute atomic E-state index is 13.1. The fourth-order valence-corrected chi connectivity index (χ4v) is 2.16. The molecule has 2 nitrogen and oxygen atoms in total. The second kappa shape index (κ2) is 4.44. The van der Waals surface area contributed by atoms with E-state index in [-0.39, 0.29) is 11.6 Å². The number of thiophene rings is 1. The largest absolute Gasteiger partial charge is 0.320 e. The van der Waals surface area contributed by atoms with Crippen LogP contribution in [-0.4, -0.2) is 0 Å². The molecule has 80 valence electrons. The van der Waals surface area contributed by atoms with Crippen molar-refractivity contribution in [1.29, 1.82) is 5.26 Å². The molecule has 0 saturated carbocycles. The van der Waals surface area contributed by atoms with Gasteiger partial charge in [-0.15, -0.1) is 0 Å². The Morgan fingerprint density at radius 1 is 1.31 bits per heavy atom. The molecule has 0 aliphatic heterocycles. The van der Waals surface area contributed by atoms with Gasteiger partial charge >= 0.3 is 0 Å². The molecule has 0 spiro atoms. The van der Waals surface area contributed by atoms with Crippen LogP contribution >= 0.6 is 11.3 Å². The van der Waals surface area contributed by atoms with Crippen LogP contribution in [-0.2, 0) is 0 Å². The van der Waals surface area contributed by atoms with E-state index in [0.29, 0.717) is 0 Å². The minimum absolute atomic E-state index is 0.0307. The van der Waals surface area contributed by atoms with E-state index < -0.39 is 5.82 Å². The lowest BCUT2D eigenvalue weighted by molar-refractivity contribution is 0.622. The molecule has 1 heterocycles. The van der Waals surface area contributed by atoms with Crippen LogP contribution in [0.5, 0.6) is 0 Å². The van der Waals surface area contributed by atoms with Crippen LogP contribution in [0.1, 0.15) is 22.7 Å². The summed E-state index contributed by atoms with van der Waals surface area (Å²) >= 11 is 1.56. The van der Waals surface area contributed by atoms with Gasteiger partial charge in [0.25, 0.3) is 0 Å². The van der Waals surface area contributed by atoms with Crippen LogP contribution in [0.4, 0.5) is 4.39 Å². The van der Waals surface area contributed by atoms with Crippen molar-refractivity contribution in [3.8, 4) is 6.07 Å². The van der Waals surface area contributed by atoms with E-state index in [1.165, 1.54) is 12.1 Å². The van der Waals surface area contributed by atoms with E-state index in [9.17, 15) is 4.39 Å². The normalized spacial score (nSPS) is 12.1. The van der Waals surface area contributed by atoms with Crippen LogP contribution in [0.15, 0.2) is 35.0 Å². The Labute approximate surface area is 96.8 Å². The monoisotopic (exact) mass is 232 g/mol. The average molecular weight is 232 g/mol. The molecule has 16 heavy (non-hydrogen) atoms. The molecule has 0 radical (unpaired) electrons. The molecule has 2 rings (SSSR count). The van der Waals surface area contributed by atoms with E-state index >= 15 is 0 Å². The zero-order valence-corrected chi connectivity index (χ0v) is 9.17. The number of hydrogen-bond acceptors (Lipinski definition) is 3. The third kappa shape index (κ3) is 1.96. The Kier molecular flexibility index (Phi) is 3.00. The van der Waals surface area contributed by atoms with Crippen molar-refractivity contribution in [2.24, 2.45) is 5.73 Å². The number of benzene rings is 1. The van der Waals surface area contributed by atoms with Gasteiger partial charge in [-0.3, -0.25) is 0 Å². The molecular weight excluding hydrogens is 223 g/mol. The van der Waals surface area contributed by atoms with Crippen LogP contribution in [0, 0.1) is 17.1 Å². The predicted octanol–water partition coefficient (Wildman–Crippen LogP) is 2.81. The first kappa shape index (κ1) is 10.8. The lowest BCUT2D eigenvalue weighted by Gasteiger charge is -2.10. The van der Waals surface area contributed by atoms with Crippen LogP contribution in [0.3, 0.4) is 0 Å². The molecule has 0 fully saturated rings. The molecule has 0 saturated heterocycles. The van der Waals surface area contributed by atoms with Crippen molar-refractivity contribution >= 4 is 11.3 Å². The highest BCUT2D eigenvalue weighted by atomic mass is 32.1. The molecule has 4 heteroatoms. The summed E-state index contributed by atoms with van der Waals surface area (Å²) in [7, 11) is 0. The summed E-state index contributed by atoms with van der Waals surface area (Å²) in [5.74, 6) is -0.510. The Hall–Kier alpha value is -1.70. The highest BCUT2D eigenvalue weighted by molar-refractivity contribution is 7.08. The van der Waals surface area contributed by atoms with Gasteiger partial charge in [-0.25, -0.2) is 4.39 Å². The molecule has 1 aromatic heterocycles. The summed E-state index contributed by atoms with van der Waals surface area (Å²) in [6, 6.07) is 7.81. The van der Waals surface area contributed by atoms with Crippen molar-refractivity contribution in [3.63, 3.8) is 0 Å². The third-order valence-corrected chi connectivity index (χ3v) is 3.07. The smallest absolute Gasteiger partial charge is 0.140 e. The van der Waals surface area contributed by atoms with Gasteiger partial charge < -0.3 is 5.73 Å². The van der Waals surface area contributed by atoms with Crippen LogP contribution < -0.4 is 5.73 Å². The van der Waals surface area contributed by atoms with Crippen LogP contribution in [0.25, 0.3) is 0 Å². The number of hydrogen-bond donors (Lipinski definition) is 1. The highest BCUT2D eigenvalue weighted by Crippen LogP contribution is 2.23. The van der Waals surface area contributed by atoms with Crippen molar-refractivity contribution in [3.05, 3.63) is 57.5 Å². The Morgan fingerprint density at radius 2 is 2.12 bits per heavy atom. The molecule has 2 aromatic rings. The van der Waals surface area contributed by atoms with Crippen molar-refractivity contribution in [1.82, 2.24) is 0 Å². The van der Waals surface area contributed by atoms with Gasteiger partial charge in [-0.05, 0) is 40.1 Å². The van der Waals surface area contributed by atoms with E-state index in [4.69, 9.17) is 11.0 Å². The zero-order chi connectivity index (χ0) is 11.5.